The van der Waals surface area contributed by atoms with Crippen LogP contribution in [-0.2, 0) is 34.0 Å². The molecule has 222 valence electrons. The number of nitrogens with zero attached hydrogens (tertiary/aromatic N) is 2. The highest BCUT2D eigenvalue weighted by atomic mass is 19.1. The van der Waals surface area contributed by atoms with Gasteiger partial charge in [-0.3, -0.25) is 14.5 Å². The maximum absolute atomic E-state index is 14.4. The molecule has 3 aromatic carbocycles. The summed E-state index contributed by atoms with van der Waals surface area (Å²) in [5, 5.41) is 2.69. The highest BCUT2D eigenvalue weighted by molar-refractivity contribution is 6.02. The minimum Gasteiger partial charge on any atom is -0.497 e. The van der Waals surface area contributed by atoms with Crippen LogP contribution in [0.4, 0.5) is 14.9 Å². The fourth-order valence-corrected chi connectivity index (χ4v) is 4.74. The topological polar surface area (TPSA) is 97.4 Å². The Morgan fingerprint density at radius 1 is 0.976 bits per heavy atom. The molecule has 1 atom stereocenters. The first-order valence-corrected chi connectivity index (χ1v) is 13.6. The van der Waals surface area contributed by atoms with Gasteiger partial charge in [-0.2, -0.15) is 0 Å². The molecule has 0 aliphatic carbocycles. The van der Waals surface area contributed by atoms with E-state index in [9.17, 15) is 18.8 Å². The van der Waals surface area contributed by atoms with Crippen LogP contribution in [0.2, 0.25) is 0 Å². The molecule has 3 aromatic rings. The van der Waals surface area contributed by atoms with Crippen molar-refractivity contribution in [3.63, 3.8) is 0 Å². The van der Waals surface area contributed by atoms with Crippen molar-refractivity contribution in [1.29, 1.82) is 0 Å². The Morgan fingerprint density at radius 2 is 1.69 bits per heavy atom. The Hall–Kier alpha value is -4.60. The second kappa shape index (κ2) is 12.9. The SMILES string of the molecule is COc1ccc(CN2C(=O)C(CC(=O)NCc3ccccc3F)N(C(=O)OC(C)(C)C)Cc3ccccc32)c(OC)c1. The van der Waals surface area contributed by atoms with Gasteiger partial charge in [0.15, 0.2) is 0 Å². The summed E-state index contributed by atoms with van der Waals surface area (Å²) >= 11 is 0. The zero-order valence-electron chi connectivity index (χ0n) is 24.5. The third-order valence-corrected chi connectivity index (χ3v) is 6.81. The number of fused-ring (bicyclic) bond motifs is 1. The monoisotopic (exact) mass is 577 g/mol. The van der Waals surface area contributed by atoms with E-state index in [4.69, 9.17) is 14.2 Å². The average Bonchev–Trinajstić information content (AvgIpc) is 3.06. The normalized spacial score (nSPS) is 15.0. The molecule has 42 heavy (non-hydrogen) atoms. The average molecular weight is 578 g/mol. The van der Waals surface area contributed by atoms with Crippen molar-refractivity contribution in [2.24, 2.45) is 0 Å². The highest BCUT2D eigenvalue weighted by Gasteiger charge is 2.41. The van der Waals surface area contributed by atoms with Crippen LogP contribution in [0.3, 0.4) is 0 Å². The van der Waals surface area contributed by atoms with Gasteiger partial charge in [-0.25, -0.2) is 9.18 Å². The number of carbonyl (C=O) groups excluding carboxylic acids is 3. The number of methoxy groups -OCH3 is 2. The van der Waals surface area contributed by atoms with Gasteiger partial charge in [0.25, 0.3) is 5.91 Å². The van der Waals surface area contributed by atoms with E-state index in [0.717, 1.165) is 0 Å². The van der Waals surface area contributed by atoms with Crippen LogP contribution < -0.4 is 19.7 Å². The van der Waals surface area contributed by atoms with Crippen molar-refractivity contribution in [2.45, 2.75) is 58.5 Å². The van der Waals surface area contributed by atoms with E-state index in [1.54, 1.807) is 75.2 Å². The third kappa shape index (κ3) is 7.18. The quantitative estimate of drug-likeness (QED) is 0.395. The number of benzene rings is 3. The Balaban J connectivity index is 1.70. The van der Waals surface area contributed by atoms with Gasteiger partial charge in [0, 0.05) is 29.4 Å². The largest absolute Gasteiger partial charge is 0.497 e. The van der Waals surface area contributed by atoms with Gasteiger partial charge in [-0.15, -0.1) is 0 Å². The van der Waals surface area contributed by atoms with Gasteiger partial charge < -0.3 is 24.4 Å². The van der Waals surface area contributed by atoms with Crippen molar-refractivity contribution in [1.82, 2.24) is 10.2 Å². The Bertz CT molecular complexity index is 1450. The second-order valence-electron chi connectivity index (χ2n) is 10.9. The third-order valence-electron chi connectivity index (χ3n) is 6.81. The number of anilines is 1. The molecule has 10 heteroatoms. The maximum atomic E-state index is 14.4. The fourth-order valence-electron chi connectivity index (χ4n) is 4.74. The van der Waals surface area contributed by atoms with Gasteiger partial charge in [0.2, 0.25) is 5.91 Å². The molecule has 0 bridgehead atoms. The predicted molar refractivity (Wildman–Crippen MR) is 156 cm³/mol. The summed E-state index contributed by atoms with van der Waals surface area (Å²) < 4.78 is 30.7. The van der Waals surface area contributed by atoms with Crippen LogP contribution in [0, 0.1) is 5.82 Å². The first-order valence-electron chi connectivity index (χ1n) is 13.6. The summed E-state index contributed by atoms with van der Waals surface area (Å²) in [4.78, 5) is 43.9. The van der Waals surface area contributed by atoms with Crippen LogP contribution in [-0.4, -0.2) is 48.7 Å². The molecule has 9 nitrogen and oxygen atoms in total. The predicted octanol–water partition coefficient (Wildman–Crippen LogP) is 5.20. The lowest BCUT2D eigenvalue weighted by molar-refractivity contribution is -0.130. The molecule has 1 N–H and O–H groups in total. The van der Waals surface area contributed by atoms with E-state index in [-0.39, 0.29) is 26.1 Å². The van der Waals surface area contributed by atoms with Crippen LogP contribution in [0.1, 0.15) is 43.9 Å². The minimum absolute atomic E-state index is 0.0400. The van der Waals surface area contributed by atoms with Gasteiger partial charge in [0.05, 0.1) is 33.7 Å². The second-order valence-corrected chi connectivity index (χ2v) is 10.9. The molecule has 1 aliphatic heterocycles. The Kier molecular flexibility index (Phi) is 9.35. The van der Waals surface area contributed by atoms with Crippen molar-refractivity contribution in [2.75, 3.05) is 19.1 Å². The number of carbonyl (C=O) groups is 3. The first-order chi connectivity index (χ1) is 20.0. The molecule has 3 amide bonds. The number of rotatable bonds is 8. The molecule has 1 unspecified atom stereocenters. The number of hydrogen-bond donors (Lipinski definition) is 1. The van der Waals surface area contributed by atoms with Crippen LogP contribution in [0.15, 0.2) is 66.7 Å². The zero-order valence-corrected chi connectivity index (χ0v) is 24.5. The van der Waals surface area contributed by atoms with E-state index in [1.165, 1.54) is 18.1 Å². The van der Waals surface area contributed by atoms with E-state index in [2.05, 4.69) is 5.32 Å². The molecule has 1 aliphatic rings. The molecule has 0 saturated heterocycles. The van der Waals surface area contributed by atoms with Crippen molar-refractivity contribution in [3.05, 3.63) is 89.2 Å². The number of halogens is 1. The Labute approximate surface area is 245 Å². The van der Waals surface area contributed by atoms with E-state index < -0.39 is 35.4 Å². The van der Waals surface area contributed by atoms with Gasteiger partial charge in [-0.1, -0.05) is 36.4 Å². The summed E-state index contributed by atoms with van der Waals surface area (Å²) in [6.45, 7) is 5.29. The molecular weight excluding hydrogens is 541 g/mol. The summed E-state index contributed by atoms with van der Waals surface area (Å²) in [6.07, 6.45) is -1.07. The van der Waals surface area contributed by atoms with Crippen LogP contribution in [0.25, 0.3) is 0 Å². The maximum Gasteiger partial charge on any atom is 0.411 e. The van der Waals surface area contributed by atoms with Gasteiger partial charge in [0.1, 0.15) is 29.0 Å². The number of ether oxygens (including phenoxy) is 3. The molecule has 4 rings (SSSR count). The molecule has 1 heterocycles. The van der Waals surface area contributed by atoms with Gasteiger partial charge >= 0.3 is 6.09 Å². The molecule has 0 spiro atoms. The Morgan fingerprint density at radius 3 is 2.38 bits per heavy atom. The van der Waals surface area contributed by atoms with Crippen LogP contribution in [0.5, 0.6) is 11.5 Å². The molecule has 0 fully saturated rings. The summed E-state index contributed by atoms with van der Waals surface area (Å²) in [7, 11) is 3.08. The lowest BCUT2D eigenvalue weighted by Crippen LogP contribution is -2.51. The number of hydrogen-bond acceptors (Lipinski definition) is 6. The van der Waals surface area contributed by atoms with Gasteiger partial charge in [-0.05, 0) is 50.6 Å². The summed E-state index contributed by atoms with van der Waals surface area (Å²) in [5.41, 5.74) is 1.49. The smallest absolute Gasteiger partial charge is 0.411 e. The molecule has 0 saturated carbocycles. The molecule has 0 aromatic heterocycles. The standard InChI is InChI=1S/C32H36FN3O6/c1-32(2,3)42-31(39)36-19-22-11-7-9-13-26(22)35(20-23-14-15-24(40-4)16-28(23)41-5)30(38)27(36)17-29(37)34-18-21-10-6-8-12-25(21)33/h6-16,27H,17-20H2,1-5H3,(H,34,37). The van der Waals surface area contributed by atoms with Crippen molar-refractivity contribution in [3.8, 4) is 11.5 Å². The number of nitrogens with one attached hydrogen (secondary N) is 1. The van der Waals surface area contributed by atoms with E-state index >= 15 is 0 Å². The highest BCUT2D eigenvalue weighted by Crippen LogP contribution is 2.34. The first kappa shape index (κ1) is 30.4. The molecule has 0 radical (unpaired) electrons. The fraction of sp³-hybridized carbons (Fsp3) is 0.344. The minimum atomic E-state index is -1.20. The lowest BCUT2D eigenvalue weighted by Gasteiger charge is -2.32. The van der Waals surface area contributed by atoms with Crippen molar-refractivity contribution >= 4 is 23.6 Å². The summed E-state index contributed by atoms with van der Waals surface area (Å²) in [6, 6.07) is 17.5. The zero-order chi connectivity index (χ0) is 30.4. The lowest BCUT2D eigenvalue weighted by atomic mass is 10.1. The molecular formula is C32H36FN3O6. The summed E-state index contributed by atoms with van der Waals surface area (Å²) in [5.74, 6) is -0.317. The van der Waals surface area contributed by atoms with Crippen molar-refractivity contribution < 1.29 is 33.0 Å². The van der Waals surface area contributed by atoms with Crippen LogP contribution >= 0.6 is 0 Å². The van der Waals surface area contributed by atoms with E-state index in [1.807, 2.05) is 18.2 Å². The number of amides is 3. The van der Waals surface area contributed by atoms with E-state index in [0.29, 0.717) is 33.9 Å². The number of para-hydroxylation sites is 1.